The first kappa shape index (κ1) is 18.2. The van der Waals surface area contributed by atoms with Crippen LogP contribution in [0.5, 0.6) is 5.75 Å². The number of ketones is 1. The van der Waals surface area contributed by atoms with E-state index in [1.54, 1.807) is 0 Å². The maximum atomic E-state index is 11.5. The molecule has 0 saturated carbocycles. The van der Waals surface area contributed by atoms with E-state index in [0.29, 0.717) is 19.4 Å². The number of rotatable bonds is 7. The summed E-state index contributed by atoms with van der Waals surface area (Å²) in [5.74, 6) is -0.652. The van der Waals surface area contributed by atoms with E-state index in [4.69, 9.17) is 4.74 Å². The summed E-state index contributed by atoms with van der Waals surface area (Å²) >= 11 is 6.91. The van der Waals surface area contributed by atoms with E-state index >= 15 is 0 Å². The number of ether oxygens (including phenoxy) is 2. The average Bonchev–Trinajstić information content (AvgIpc) is 2.39. The van der Waals surface area contributed by atoms with E-state index in [1.807, 2.05) is 19.1 Å². The average molecular weight is 422 g/mol. The van der Waals surface area contributed by atoms with Crippen molar-refractivity contribution in [3.63, 3.8) is 0 Å². The Balaban J connectivity index is 2.54. The fourth-order valence-corrected chi connectivity index (χ4v) is 3.56. The Morgan fingerprint density at radius 1 is 1.24 bits per heavy atom. The van der Waals surface area contributed by atoms with Gasteiger partial charge in [0.05, 0.1) is 22.7 Å². The quantitative estimate of drug-likeness (QED) is 0.378. The summed E-state index contributed by atoms with van der Waals surface area (Å²) in [6, 6.07) is 3.93. The number of halogens is 2. The fraction of sp³-hybridized carbons (Fsp3) is 0.467. The zero-order valence-electron chi connectivity index (χ0n) is 12.2. The molecule has 1 rings (SSSR count). The molecule has 116 valence electrons. The summed E-state index contributed by atoms with van der Waals surface area (Å²) in [6.45, 7) is 3.81. The molecule has 4 nitrogen and oxygen atoms in total. The van der Waals surface area contributed by atoms with Crippen molar-refractivity contribution in [3.05, 3.63) is 26.6 Å². The van der Waals surface area contributed by atoms with Crippen LogP contribution in [0.2, 0.25) is 0 Å². The molecule has 0 N–H and O–H groups in total. The number of carbonyl (C=O) groups excluding carboxylic acids is 2. The van der Waals surface area contributed by atoms with Crippen LogP contribution in [0.1, 0.15) is 25.3 Å². The second-order valence-corrected chi connectivity index (χ2v) is 6.44. The molecule has 1 unspecified atom stereocenters. The maximum Gasteiger partial charge on any atom is 0.316 e. The Morgan fingerprint density at radius 2 is 1.81 bits per heavy atom. The number of esters is 1. The predicted octanol–water partition coefficient (Wildman–Crippen LogP) is 4.06. The summed E-state index contributed by atoms with van der Waals surface area (Å²) in [7, 11) is 1.29. The lowest BCUT2D eigenvalue weighted by Gasteiger charge is -2.13. The number of hydrogen-bond acceptors (Lipinski definition) is 4. The van der Waals surface area contributed by atoms with Crippen LogP contribution in [0.15, 0.2) is 21.1 Å². The number of Topliss-reactive ketones (excluding diaryl/α,β-unsaturated/α-hetero) is 1. The standard InChI is InChI=1S/C15H18Br2O4/c1-9-7-12(16)14(13(17)8-9)21-6-4-5-11(10(2)18)15(19)20-3/h7-8,11H,4-6H2,1-3H3. The van der Waals surface area contributed by atoms with E-state index in [-0.39, 0.29) is 5.78 Å². The monoisotopic (exact) mass is 420 g/mol. The minimum Gasteiger partial charge on any atom is -0.491 e. The molecular weight excluding hydrogens is 404 g/mol. The van der Waals surface area contributed by atoms with Crippen molar-refractivity contribution >= 4 is 43.6 Å². The minimum atomic E-state index is -0.705. The van der Waals surface area contributed by atoms with Crippen molar-refractivity contribution < 1.29 is 19.1 Å². The SMILES string of the molecule is COC(=O)C(CCCOc1c(Br)cc(C)cc1Br)C(C)=O. The molecule has 1 atom stereocenters. The topological polar surface area (TPSA) is 52.6 Å². The van der Waals surface area contributed by atoms with Gasteiger partial charge in [0.15, 0.2) is 0 Å². The van der Waals surface area contributed by atoms with Gasteiger partial charge in [-0.25, -0.2) is 0 Å². The molecule has 1 aromatic carbocycles. The molecule has 21 heavy (non-hydrogen) atoms. The van der Waals surface area contributed by atoms with Gasteiger partial charge in [-0.05, 0) is 76.2 Å². The Bertz CT molecular complexity index is 505. The van der Waals surface area contributed by atoms with Crippen molar-refractivity contribution in [2.75, 3.05) is 13.7 Å². The van der Waals surface area contributed by atoms with Gasteiger partial charge in [0.25, 0.3) is 0 Å². The molecule has 0 aliphatic carbocycles. The highest BCUT2D eigenvalue weighted by molar-refractivity contribution is 9.11. The third kappa shape index (κ3) is 5.43. The second-order valence-electron chi connectivity index (χ2n) is 4.73. The van der Waals surface area contributed by atoms with Crippen LogP contribution >= 0.6 is 31.9 Å². The molecule has 0 radical (unpaired) electrons. The molecule has 0 saturated heterocycles. The number of aryl methyl sites for hydroxylation is 1. The first-order chi connectivity index (χ1) is 9.86. The maximum absolute atomic E-state index is 11.5. The number of hydrogen-bond donors (Lipinski definition) is 0. The van der Waals surface area contributed by atoms with Gasteiger partial charge < -0.3 is 9.47 Å². The van der Waals surface area contributed by atoms with Gasteiger partial charge in [0.2, 0.25) is 0 Å². The first-order valence-corrected chi connectivity index (χ1v) is 8.12. The van der Waals surface area contributed by atoms with E-state index in [0.717, 1.165) is 20.3 Å². The molecule has 1 aromatic rings. The van der Waals surface area contributed by atoms with Crippen LogP contribution in [-0.4, -0.2) is 25.5 Å². The molecule has 0 aromatic heterocycles. The molecule has 0 spiro atoms. The van der Waals surface area contributed by atoms with E-state index in [2.05, 4.69) is 36.6 Å². The largest absolute Gasteiger partial charge is 0.491 e. The van der Waals surface area contributed by atoms with Gasteiger partial charge in [0, 0.05) is 0 Å². The highest BCUT2D eigenvalue weighted by atomic mass is 79.9. The van der Waals surface area contributed by atoms with E-state index < -0.39 is 11.9 Å². The summed E-state index contributed by atoms with van der Waals surface area (Å²) in [5.41, 5.74) is 1.11. The lowest BCUT2D eigenvalue weighted by atomic mass is 10.00. The van der Waals surface area contributed by atoms with Crippen molar-refractivity contribution in [2.24, 2.45) is 5.92 Å². The number of benzene rings is 1. The van der Waals surface area contributed by atoms with Gasteiger partial charge in [-0.3, -0.25) is 9.59 Å². The van der Waals surface area contributed by atoms with Gasteiger partial charge in [-0.15, -0.1) is 0 Å². The van der Waals surface area contributed by atoms with Crippen molar-refractivity contribution in [2.45, 2.75) is 26.7 Å². The zero-order valence-corrected chi connectivity index (χ0v) is 15.4. The Labute approximate surface area is 141 Å². The number of methoxy groups -OCH3 is 1. The molecule has 0 fully saturated rings. The van der Waals surface area contributed by atoms with Crippen LogP contribution in [-0.2, 0) is 14.3 Å². The summed E-state index contributed by atoms with van der Waals surface area (Å²) in [5, 5.41) is 0. The van der Waals surface area contributed by atoms with Gasteiger partial charge in [-0.1, -0.05) is 0 Å². The molecule has 0 aliphatic heterocycles. The highest BCUT2D eigenvalue weighted by Gasteiger charge is 2.23. The van der Waals surface area contributed by atoms with Crippen LogP contribution < -0.4 is 4.74 Å². The van der Waals surface area contributed by atoms with Gasteiger partial charge in [0.1, 0.15) is 17.5 Å². The number of carbonyl (C=O) groups is 2. The van der Waals surface area contributed by atoms with Gasteiger partial charge >= 0.3 is 5.97 Å². The van der Waals surface area contributed by atoms with Crippen molar-refractivity contribution in [3.8, 4) is 5.75 Å². The smallest absolute Gasteiger partial charge is 0.316 e. The summed E-state index contributed by atoms with van der Waals surface area (Å²) in [4.78, 5) is 22.9. The molecule has 0 bridgehead atoms. The Kier molecular flexibility index (Phi) is 7.39. The van der Waals surface area contributed by atoms with Crippen molar-refractivity contribution in [1.82, 2.24) is 0 Å². The first-order valence-electron chi connectivity index (χ1n) is 6.53. The summed E-state index contributed by atoms with van der Waals surface area (Å²) in [6.07, 6.45) is 1.01. The Hall–Kier alpha value is -0.880. The van der Waals surface area contributed by atoms with Gasteiger partial charge in [-0.2, -0.15) is 0 Å². The lowest BCUT2D eigenvalue weighted by Crippen LogP contribution is -2.23. The zero-order chi connectivity index (χ0) is 16.0. The predicted molar refractivity (Wildman–Crippen MR) is 87.5 cm³/mol. The van der Waals surface area contributed by atoms with Crippen LogP contribution in [0.4, 0.5) is 0 Å². The van der Waals surface area contributed by atoms with Crippen LogP contribution in [0, 0.1) is 12.8 Å². The fourth-order valence-electron chi connectivity index (χ4n) is 1.92. The minimum absolute atomic E-state index is 0.181. The molecule has 0 heterocycles. The van der Waals surface area contributed by atoms with Crippen LogP contribution in [0.25, 0.3) is 0 Å². The Morgan fingerprint density at radius 3 is 2.29 bits per heavy atom. The summed E-state index contributed by atoms with van der Waals surface area (Å²) < 4.78 is 12.1. The third-order valence-corrected chi connectivity index (χ3v) is 4.18. The highest BCUT2D eigenvalue weighted by Crippen LogP contribution is 2.34. The van der Waals surface area contributed by atoms with Crippen LogP contribution in [0.3, 0.4) is 0 Å². The molecule has 0 amide bonds. The molecular formula is C15H18Br2O4. The lowest BCUT2D eigenvalue weighted by molar-refractivity contribution is -0.149. The second kappa shape index (κ2) is 8.54. The third-order valence-electron chi connectivity index (χ3n) is 3.00. The van der Waals surface area contributed by atoms with Crippen molar-refractivity contribution in [1.29, 1.82) is 0 Å². The van der Waals surface area contributed by atoms with E-state index in [1.165, 1.54) is 14.0 Å². The molecule has 0 aliphatic rings. The normalized spacial score (nSPS) is 11.9. The van der Waals surface area contributed by atoms with E-state index in [9.17, 15) is 9.59 Å². The molecule has 6 heteroatoms.